The predicted molar refractivity (Wildman–Crippen MR) is 102 cm³/mol. The van der Waals surface area contributed by atoms with Crippen LogP contribution in [-0.4, -0.2) is 56.6 Å². The van der Waals surface area contributed by atoms with E-state index in [0.717, 1.165) is 31.8 Å². The van der Waals surface area contributed by atoms with Crippen molar-refractivity contribution >= 4 is 5.65 Å². The van der Waals surface area contributed by atoms with Gasteiger partial charge in [-0.05, 0) is 55.6 Å². The molecule has 3 heterocycles. The van der Waals surface area contributed by atoms with Crippen LogP contribution in [0.25, 0.3) is 5.65 Å². The monoisotopic (exact) mass is 347 g/mol. The van der Waals surface area contributed by atoms with E-state index in [1.54, 1.807) is 17.5 Å². The van der Waals surface area contributed by atoms with Crippen LogP contribution in [0.5, 0.6) is 0 Å². The normalized spacial score (nSPS) is 19.7. The van der Waals surface area contributed by atoms with Crippen molar-refractivity contribution in [3.63, 3.8) is 0 Å². The predicted octanol–water partition coefficient (Wildman–Crippen LogP) is 2.40. The molecule has 0 amide bonds. The summed E-state index contributed by atoms with van der Waals surface area (Å²) >= 11 is 0. The molecule has 1 aromatic carbocycles. The molecule has 1 aliphatic heterocycles. The minimum Gasteiger partial charge on any atom is -0.298 e. The van der Waals surface area contributed by atoms with E-state index < -0.39 is 0 Å². The first-order valence-electron chi connectivity index (χ1n) is 9.68. The molecule has 26 heavy (non-hydrogen) atoms. The van der Waals surface area contributed by atoms with E-state index in [2.05, 4.69) is 56.3 Å². The molecule has 0 saturated carbocycles. The lowest BCUT2D eigenvalue weighted by atomic mass is 10.1. The van der Waals surface area contributed by atoms with E-state index in [1.807, 2.05) is 10.6 Å². The van der Waals surface area contributed by atoms with Crippen LogP contribution >= 0.6 is 0 Å². The summed E-state index contributed by atoms with van der Waals surface area (Å²) in [7, 11) is 0. The maximum Gasteiger partial charge on any atom is 0.155 e. The second kappa shape index (κ2) is 6.82. The van der Waals surface area contributed by atoms with Crippen molar-refractivity contribution in [1.82, 2.24) is 24.4 Å². The van der Waals surface area contributed by atoms with E-state index in [9.17, 15) is 0 Å². The topological polar surface area (TPSA) is 36.7 Å². The fourth-order valence-corrected chi connectivity index (χ4v) is 4.56. The maximum absolute atomic E-state index is 4.38. The van der Waals surface area contributed by atoms with Gasteiger partial charge in [0.05, 0.1) is 5.69 Å². The number of hydrogen-bond acceptors (Lipinski definition) is 4. The van der Waals surface area contributed by atoms with E-state index >= 15 is 0 Å². The van der Waals surface area contributed by atoms with Crippen LogP contribution in [0.1, 0.15) is 23.2 Å². The Hall–Kier alpha value is -2.24. The van der Waals surface area contributed by atoms with Gasteiger partial charge in [0.25, 0.3) is 0 Å². The molecule has 0 radical (unpaired) electrons. The standard InChI is InChI=1S/C21H25N5/c1-2-6-18-14-20(13-17(18)5-1)25-10-4-9-24(11-12-25)15-19-7-3-8-21-22-16-23-26(19)21/h1-3,5-8,16,20H,4,9-15H2. The van der Waals surface area contributed by atoms with Gasteiger partial charge in [0.1, 0.15) is 6.33 Å². The van der Waals surface area contributed by atoms with Crippen LogP contribution in [0, 0.1) is 0 Å². The van der Waals surface area contributed by atoms with E-state index in [-0.39, 0.29) is 0 Å². The van der Waals surface area contributed by atoms with Crippen molar-refractivity contribution in [3.05, 3.63) is 65.6 Å². The summed E-state index contributed by atoms with van der Waals surface area (Å²) in [4.78, 5) is 9.59. The third kappa shape index (κ3) is 3.02. The smallest absolute Gasteiger partial charge is 0.155 e. The molecule has 1 saturated heterocycles. The number of hydrogen-bond donors (Lipinski definition) is 0. The summed E-state index contributed by atoms with van der Waals surface area (Å²) in [6.45, 7) is 5.59. The molecular weight excluding hydrogens is 322 g/mol. The van der Waals surface area contributed by atoms with Gasteiger partial charge in [0, 0.05) is 25.7 Å². The summed E-state index contributed by atoms with van der Waals surface area (Å²) in [6.07, 6.45) is 5.31. The summed E-state index contributed by atoms with van der Waals surface area (Å²) in [5, 5.41) is 4.38. The lowest BCUT2D eigenvalue weighted by Gasteiger charge is -2.27. The number of benzene rings is 1. The highest BCUT2D eigenvalue weighted by molar-refractivity contribution is 5.37. The van der Waals surface area contributed by atoms with Crippen LogP contribution in [0.4, 0.5) is 0 Å². The van der Waals surface area contributed by atoms with Crippen molar-refractivity contribution in [2.75, 3.05) is 26.2 Å². The first kappa shape index (κ1) is 16.0. The van der Waals surface area contributed by atoms with Gasteiger partial charge in [-0.1, -0.05) is 30.3 Å². The Bertz CT molecular complexity index is 877. The number of aromatic nitrogens is 3. The van der Waals surface area contributed by atoms with E-state index in [1.165, 1.54) is 31.5 Å². The van der Waals surface area contributed by atoms with Crippen molar-refractivity contribution in [2.45, 2.75) is 31.8 Å². The van der Waals surface area contributed by atoms with E-state index in [4.69, 9.17) is 0 Å². The fourth-order valence-electron chi connectivity index (χ4n) is 4.56. The van der Waals surface area contributed by atoms with Gasteiger partial charge >= 0.3 is 0 Å². The molecule has 0 N–H and O–H groups in total. The first-order valence-corrected chi connectivity index (χ1v) is 9.68. The number of pyridine rings is 1. The van der Waals surface area contributed by atoms with Crippen LogP contribution in [0.2, 0.25) is 0 Å². The highest BCUT2D eigenvalue weighted by Crippen LogP contribution is 2.26. The molecular formula is C21H25N5. The molecule has 2 aromatic heterocycles. The highest BCUT2D eigenvalue weighted by Gasteiger charge is 2.28. The fraction of sp³-hybridized carbons (Fsp3) is 0.429. The molecule has 3 aromatic rings. The summed E-state index contributed by atoms with van der Waals surface area (Å²) in [5.41, 5.74) is 5.26. The zero-order chi connectivity index (χ0) is 17.3. The zero-order valence-electron chi connectivity index (χ0n) is 15.1. The molecule has 1 fully saturated rings. The Labute approximate surface area is 154 Å². The largest absolute Gasteiger partial charge is 0.298 e. The number of fused-ring (bicyclic) bond motifs is 2. The van der Waals surface area contributed by atoms with Crippen molar-refractivity contribution in [2.24, 2.45) is 0 Å². The number of nitrogens with zero attached hydrogens (tertiary/aromatic N) is 5. The third-order valence-electron chi connectivity index (χ3n) is 5.93. The second-order valence-corrected chi connectivity index (χ2v) is 7.54. The SMILES string of the molecule is c1ccc2c(c1)CC(N1CCCN(Cc3cccc4ncnn34)CC1)C2. The summed E-state index contributed by atoms with van der Waals surface area (Å²) in [6, 6.07) is 15.9. The molecule has 134 valence electrons. The maximum atomic E-state index is 4.38. The Morgan fingerprint density at radius 1 is 0.885 bits per heavy atom. The highest BCUT2D eigenvalue weighted by atomic mass is 15.3. The van der Waals surface area contributed by atoms with Crippen LogP contribution in [0.15, 0.2) is 48.8 Å². The number of rotatable bonds is 3. The Morgan fingerprint density at radius 3 is 2.58 bits per heavy atom. The molecule has 5 heteroatoms. The van der Waals surface area contributed by atoms with Gasteiger partial charge in [-0.15, -0.1) is 0 Å². The van der Waals surface area contributed by atoms with Crippen molar-refractivity contribution < 1.29 is 0 Å². The Kier molecular flexibility index (Phi) is 4.19. The van der Waals surface area contributed by atoms with Gasteiger partial charge in [-0.3, -0.25) is 9.80 Å². The zero-order valence-corrected chi connectivity index (χ0v) is 15.1. The molecule has 0 spiro atoms. The second-order valence-electron chi connectivity index (χ2n) is 7.54. The van der Waals surface area contributed by atoms with Crippen molar-refractivity contribution in [1.29, 1.82) is 0 Å². The lowest BCUT2D eigenvalue weighted by molar-refractivity contribution is 0.200. The third-order valence-corrected chi connectivity index (χ3v) is 5.93. The van der Waals surface area contributed by atoms with Gasteiger partial charge < -0.3 is 0 Å². The molecule has 0 unspecified atom stereocenters. The van der Waals surface area contributed by atoms with Gasteiger partial charge in [0.15, 0.2) is 5.65 Å². The summed E-state index contributed by atoms with van der Waals surface area (Å²) < 4.78 is 1.97. The van der Waals surface area contributed by atoms with Gasteiger partial charge in [0.2, 0.25) is 0 Å². The minimum atomic E-state index is 0.686. The average Bonchev–Trinajstić information content (AvgIpc) is 3.25. The van der Waals surface area contributed by atoms with Gasteiger partial charge in [-0.2, -0.15) is 5.10 Å². The van der Waals surface area contributed by atoms with Gasteiger partial charge in [-0.25, -0.2) is 9.50 Å². The molecule has 0 atom stereocenters. The quantitative estimate of drug-likeness (QED) is 0.729. The average molecular weight is 347 g/mol. The van der Waals surface area contributed by atoms with Crippen LogP contribution < -0.4 is 0 Å². The summed E-state index contributed by atoms with van der Waals surface area (Å²) in [5.74, 6) is 0. The Balaban J connectivity index is 1.24. The van der Waals surface area contributed by atoms with E-state index in [0.29, 0.717) is 6.04 Å². The first-order chi connectivity index (χ1) is 12.9. The van der Waals surface area contributed by atoms with Crippen LogP contribution in [0.3, 0.4) is 0 Å². The van der Waals surface area contributed by atoms with Crippen LogP contribution in [-0.2, 0) is 19.4 Å². The molecule has 2 aliphatic rings. The Morgan fingerprint density at radius 2 is 1.73 bits per heavy atom. The van der Waals surface area contributed by atoms with Crippen molar-refractivity contribution in [3.8, 4) is 0 Å². The molecule has 5 nitrogen and oxygen atoms in total. The molecule has 5 rings (SSSR count). The molecule has 1 aliphatic carbocycles. The lowest BCUT2D eigenvalue weighted by Crippen LogP contribution is -2.39. The molecule has 0 bridgehead atoms. The minimum absolute atomic E-state index is 0.686.